The van der Waals surface area contributed by atoms with Gasteiger partial charge in [0.1, 0.15) is 6.33 Å². The van der Waals surface area contributed by atoms with Gasteiger partial charge in [-0.05, 0) is 0 Å². The summed E-state index contributed by atoms with van der Waals surface area (Å²) >= 11 is 0. The molecule has 0 aromatic carbocycles. The number of carbonyl (C=O) groups excluding carboxylic acids is 2. The van der Waals surface area contributed by atoms with Gasteiger partial charge < -0.3 is 0 Å². The number of amides is 1. The van der Waals surface area contributed by atoms with Crippen molar-refractivity contribution >= 4 is 11.8 Å². The van der Waals surface area contributed by atoms with Crippen LogP contribution >= 0.6 is 0 Å². The van der Waals surface area contributed by atoms with E-state index in [0.717, 1.165) is 4.57 Å². The smallest absolute Gasteiger partial charge is 0.286 e. The normalized spacial score (nSPS) is 9.18. The standard InChI is InChI=1S/C5H6N4O2/c6-8-4(10)5(11)9-2-1-7-3-9/h1-3H,6H2,(H,8,10). The highest BCUT2D eigenvalue weighted by atomic mass is 16.2. The summed E-state index contributed by atoms with van der Waals surface area (Å²) in [6.45, 7) is 0. The fourth-order valence-electron chi connectivity index (χ4n) is 0.558. The van der Waals surface area contributed by atoms with Gasteiger partial charge in [0.2, 0.25) is 0 Å². The van der Waals surface area contributed by atoms with Gasteiger partial charge in [-0.25, -0.2) is 10.8 Å². The summed E-state index contributed by atoms with van der Waals surface area (Å²) < 4.78 is 1.03. The summed E-state index contributed by atoms with van der Waals surface area (Å²) in [5.74, 6) is 3.09. The lowest BCUT2D eigenvalue weighted by molar-refractivity contribution is -0.117. The largest absolute Gasteiger partial charge is 0.324 e. The Kier molecular flexibility index (Phi) is 1.98. The van der Waals surface area contributed by atoms with Gasteiger partial charge in [0.25, 0.3) is 0 Å². The Hall–Kier alpha value is -1.69. The lowest BCUT2D eigenvalue weighted by atomic mass is 10.5. The quantitative estimate of drug-likeness (QED) is 0.206. The Balaban J connectivity index is 2.79. The second-order valence-electron chi connectivity index (χ2n) is 1.75. The molecule has 11 heavy (non-hydrogen) atoms. The molecular formula is C5H6N4O2. The molecular weight excluding hydrogens is 148 g/mol. The number of imidazole rings is 1. The van der Waals surface area contributed by atoms with Gasteiger partial charge in [-0.15, -0.1) is 0 Å². The van der Waals surface area contributed by atoms with Crippen LogP contribution in [0.15, 0.2) is 18.7 Å². The first-order valence-corrected chi connectivity index (χ1v) is 2.79. The topological polar surface area (TPSA) is 90.0 Å². The first kappa shape index (κ1) is 7.42. The van der Waals surface area contributed by atoms with Crippen LogP contribution in [0.3, 0.4) is 0 Å². The second-order valence-corrected chi connectivity index (χ2v) is 1.75. The van der Waals surface area contributed by atoms with Crippen LogP contribution in [0.2, 0.25) is 0 Å². The molecule has 58 valence electrons. The van der Waals surface area contributed by atoms with Gasteiger partial charge in [0, 0.05) is 12.4 Å². The Morgan fingerprint density at radius 1 is 1.55 bits per heavy atom. The average molecular weight is 154 g/mol. The third-order valence-corrected chi connectivity index (χ3v) is 1.06. The minimum absolute atomic E-state index is 0.759. The second kappa shape index (κ2) is 2.93. The van der Waals surface area contributed by atoms with E-state index in [0.29, 0.717) is 0 Å². The van der Waals surface area contributed by atoms with Crippen molar-refractivity contribution in [2.24, 2.45) is 5.84 Å². The van der Waals surface area contributed by atoms with E-state index >= 15 is 0 Å². The van der Waals surface area contributed by atoms with Crippen LogP contribution in [0, 0.1) is 0 Å². The number of nitrogens with one attached hydrogen (secondary N) is 1. The van der Waals surface area contributed by atoms with Crippen molar-refractivity contribution in [2.75, 3.05) is 0 Å². The van der Waals surface area contributed by atoms with Crippen molar-refractivity contribution in [3.8, 4) is 0 Å². The van der Waals surface area contributed by atoms with E-state index in [4.69, 9.17) is 5.84 Å². The molecule has 0 aliphatic carbocycles. The van der Waals surface area contributed by atoms with Crippen molar-refractivity contribution in [1.82, 2.24) is 15.0 Å². The number of hydrazine groups is 1. The first-order valence-electron chi connectivity index (χ1n) is 2.79. The van der Waals surface area contributed by atoms with E-state index in [-0.39, 0.29) is 0 Å². The molecule has 0 saturated heterocycles. The minimum Gasteiger partial charge on any atom is -0.286 e. The predicted octanol–water partition coefficient (Wildman–Crippen LogP) is -1.49. The van der Waals surface area contributed by atoms with Gasteiger partial charge in [-0.2, -0.15) is 0 Å². The van der Waals surface area contributed by atoms with Gasteiger partial charge in [0.05, 0.1) is 0 Å². The molecule has 0 radical (unpaired) electrons. The molecule has 0 aliphatic heterocycles. The molecule has 6 heteroatoms. The van der Waals surface area contributed by atoms with E-state index in [1.807, 2.05) is 0 Å². The maximum atomic E-state index is 10.9. The van der Waals surface area contributed by atoms with Crippen molar-refractivity contribution in [1.29, 1.82) is 0 Å². The van der Waals surface area contributed by atoms with Crippen LogP contribution in [0.5, 0.6) is 0 Å². The maximum absolute atomic E-state index is 10.9. The molecule has 0 aliphatic rings. The molecule has 1 heterocycles. The number of nitrogens with two attached hydrogens (primary N) is 1. The van der Waals surface area contributed by atoms with Crippen molar-refractivity contribution < 1.29 is 9.59 Å². The molecule has 0 atom stereocenters. The van der Waals surface area contributed by atoms with E-state index in [2.05, 4.69) is 4.98 Å². The lowest BCUT2D eigenvalue weighted by Gasteiger charge is -1.96. The number of nitrogens with zero attached hydrogens (tertiary/aromatic N) is 2. The Bertz CT molecular complexity index is 266. The zero-order valence-corrected chi connectivity index (χ0v) is 5.52. The van der Waals surface area contributed by atoms with Crippen LogP contribution in [-0.4, -0.2) is 21.4 Å². The van der Waals surface area contributed by atoms with Gasteiger partial charge in [-0.3, -0.25) is 19.6 Å². The average Bonchev–Trinajstić information content (AvgIpc) is 2.53. The summed E-state index contributed by atoms with van der Waals surface area (Å²) in [7, 11) is 0. The molecule has 6 nitrogen and oxygen atoms in total. The fraction of sp³-hybridized carbons (Fsp3) is 0. The summed E-state index contributed by atoms with van der Waals surface area (Å²) in [5, 5.41) is 0. The first-order chi connectivity index (χ1) is 5.25. The van der Waals surface area contributed by atoms with Crippen molar-refractivity contribution in [2.45, 2.75) is 0 Å². The summed E-state index contributed by atoms with van der Waals surface area (Å²) in [6.07, 6.45) is 3.97. The lowest BCUT2D eigenvalue weighted by Crippen LogP contribution is -2.38. The van der Waals surface area contributed by atoms with Crippen molar-refractivity contribution in [3.05, 3.63) is 18.7 Å². The highest BCUT2D eigenvalue weighted by Crippen LogP contribution is 1.84. The molecule has 1 rings (SSSR count). The zero-order chi connectivity index (χ0) is 8.27. The van der Waals surface area contributed by atoms with E-state index in [9.17, 15) is 9.59 Å². The molecule has 1 amide bonds. The number of rotatable bonds is 0. The Morgan fingerprint density at radius 3 is 2.73 bits per heavy atom. The molecule has 0 saturated carbocycles. The van der Waals surface area contributed by atoms with Crippen molar-refractivity contribution in [3.63, 3.8) is 0 Å². The summed E-state index contributed by atoms with van der Waals surface area (Å²) in [5.41, 5.74) is 1.72. The number of hydrogen-bond acceptors (Lipinski definition) is 4. The summed E-state index contributed by atoms with van der Waals surface area (Å²) in [4.78, 5) is 25.0. The molecule has 0 fully saturated rings. The molecule has 1 aromatic heterocycles. The monoisotopic (exact) mass is 154 g/mol. The van der Waals surface area contributed by atoms with E-state index < -0.39 is 11.8 Å². The van der Waals surface area contributed by atoms with Crippen LogP contribution in [-0.2, 0) is 4.79 Å². The van der Waals surface area contributed by atoms with Gasteiger partial charge >= 0.3 is 11.8 Å². The molecule has 0 spiro atoms. The zero-order valence-electron chi connectivity index (χ0n) is 5.52. The molecule has 0 unspecified atom stereocenters. The third-order valence-electron chi connectivity index (χ3n) is 1.06. The molecule has 1 aromatic rings. The van der Waals surface area contributed by atoms with E-state index in [1.165, 1.54) is 18.7 Å². The number of hydrogen-bond donors (Lipinski definition) is 2. The maximum Gasteiger partial charge on any atom is 0.324 e. The molecule has 3 N–H and O–H groups in total. The highest BCUT2D eigenvalue weighted by molar-refractivity contribution is 6.35. The fourth-order valence-corrected chi connectivity index (χ4v) is 0.558. The van der Waals surface area contributed by atoms with Crippen LogP contribution in [0.4, 0.5) is 0 Å². The van der Waals surface area contributed by atoms with Crippen LogP contribution < -0.4 is 11.3 Å². The number of carbonyl (C=O) groups is 2. The Labute approximate surface area is 62.0 Å². The van der Waals surface area contributed by atoms with Gasteiger partial charge in [-0.1, -0.05) is 0 Å². The third kappa shape index (κ3) is 1.41. The SMILES string of the molecule is NNC(=O)C(=O)n1ccnc1. The van der Waals surface area contributed by atoms with E-state index in [1.54, 1.807) is 5.43 Å². The van der Waals surface area contributed by atoms with Gasteiger partial charge in [0.15, 0.2) is 0 Å². The number of aromatic nitrogens is 2. The van der Waals surface area contributed by atoms with Crippen LogP contribution in [0.1, 0.15) is 4.79 Å². The predicted molar refractivity (Wildman–Crippen MR) is 35.2 cm³/mol. The van der Waals surface area contributed by atoms with Crippen LogP contribution in [0.25, 0.3) is 0 Å². The minimum atomic E-state index is -0.872. The Morgan fingerprint density at radius 2 is 2.27 bits per heavy atom. The molecule has 0 bridgehead atoms. The highest BCUT2D eigenvalue weighted by Gasteiger charge is 2.12. The summed E-state index contributed by atoms with van der Waals surface area (Å²) in [6, 6.07) is 0.